The summed E-state index contributed by atoms with van der Waals surface area (Å²) < 4.78 is 48.3. The third-order valence-corrected chi connectivity index (χ3v) is 5.35. The van der Waals surface area contributed by atoms with Gasteiger partial charge in [0.05, 0.1) is 19.7 Å². The van der Waals surface area contributed by atoms with Crippen molar-refractivity contribution in [1.82, 2.24) is 20.1 Å². The van der Waals surface area contributed by atoms with Crippen molar-refractivity contribution >= 4 is 32.9 Å². The fourth-order valence-corrected chi connectivity index (χ4v) is 3.27. The Morgan fingerprint density at radius 1 is 1.28 bits per heavy atom. The molecule has 1 atom stereocenters. The number of halogens is 4. The van der Waals surface area contributed by atoms with Crippen molar-refractivity contribution in [2.45, 2.75) is 32.3 Å². The van der Waals surface area contributed by atoms with E-state index in [1.165, 1.54) is 30.8 Å². The first-order valence-electron chi connectivity index (χ1n) is 9.11. The Labute approximate surface area is 189 Å². The van der Waals surface area contributed by atoms with E-state index < -0.39 is 23.6 Å². The van der Waals surface area contributed by atoms with Gasteiger partial charge in [0, 0.05) is 16.2 Å². The summed E-state index contributed by atoms with van der Waals surface area (Å²) in [6, 6.07) is 6.41. The van der Waals surface area contributed by atoms with E-state index in [4.69, 9.17) is 4.74 Å². The number of aryl methyl sites for hydroxylation is 1. The van der Waals surface area contributed by atoms with Gasteiger partial charge in [0.1, 0.15) is 16.8 Å². The highest BCUT2D eigenvalue weighted by Gasteiger charge is 2.32. The van der Waals surface area contributed by atoms with Crippen LogP contribution in [0.5, 0.6) is 11.6 Å². The Morgan fingerprint density at radius 2 is 1.94 bits per heavy atom. The minimum absolute atomic E-state index is 0.0556. The number of methoxy groups -OCH3 is 1. The molecule has 1 unspecified atom stereocenters. The van der Waals surface area contributed by atoms with Gasteiger partial charge >= 0.3 is 6.36 Å². The van der Waals surface area contributed by atoms with Crippen LogP contribution in [0.25, 0.3) is 11.0 Å². The number of alkyl halides is 3. The van der Waals surface area contributed by atoms with E-state index in [2.05, 4.69) is 36.1 Å². The highest BCUT2D eigenvalue weighted by atomic mass is 79.9. The SMILES string of the molecule is COc1c2ncc(Br)c(C)c2nn1CC(C)(C#N)NC(=O)c1ccc(OC(F)(F)F)cc1. The normalized spacial score (nSPS) is 13.3. The van der Waals surface area contributed by atoms with Crippen molar-refractivity contribution in [1.29, 1.82) is 5.26 Å². The highest BCUT2D eigenvalue weighted by molar-refractivity contribution is 9.10. The Balaban J connectivity index is 1.84. The van der Waals surface area contributed by atoms with Crippen LogP contribution in [0.3, 0.4) is 0 Å². The molecule has 0 saturated carbocycles. The number of hydrogen-bond acceptors (Lipinski definition) is 6. The van der Waals surface area contributed by atoms with Gasteiger partial charge in [0.25, 0.3) is 5.91 Å². The largest absolute Gasteiger partial charge is 0.573 e. The molecule has 0 spiro atoms. The van der Waals surface area contributed by atoms with Crippen molar-refractivity contribution in [2.24, 2.45) is 0 Å². The molecule has 32 heavy (non-hydrogen) atoms. The molecule has 0 radical (unpaired) electrons. The predicted molar refractivity (Wildman–Crippen MR) is 111 cm³/mol. The number of rotatable bonds is 6. The van der Waals surface area contributed by atoms with Crippen molar-refractivity contribution in [3.63, 3.8) is 0 Å². The van der Waals surface area contributed by atoms with Gasteiger partial charge in [0.15, 0.2) is 5.52 Å². The molecule has 0 aliphatic rings. The standard InChI is InChI=1S/C20H17BrF3N5O3/c1-11-14(21)8-26-16-15(11)28-29(18(16)31-3)10-19(2,9-25)27-17(30)12-4-6-13(7-5-12)32-20(22,23)24/h4-8H,10H2,1-3H3,(H,27,30). The summed E-state index contributed by atoms with van der Waals surface area (Å²) in [5, 5.41) is 16.8. The highest BCUT2D eigenvalue weighted by Crippen LogP contribution is 2.30. The number of benzene rings is 1. The van der Waals surface area contributed by atoms with E-state index in [0.717, 1.165) is 22.2 Å². The molecule has 168 valence electrons. The van der Waals surface area contributed by atoms with E-state index >= 15 is 0 Å². The smallest absolute Gasteiger partial charge is 0.480 e. The van der Waals surface area contributed by atoms with Gasteiger partial charge in [-0.1, -0.05) is 0 Å². The van der Waals surface area contributed by atoms with Gasteiger partial charge in [-0.15, -0.1) is 13.2 Å². The molecule has 0 bridgehead atoms. The molecule has 3 rings (SSSR count). The monoisotopic (exact) mass is 511 g/mol. The molecule has 2 aromatic heterocycles. The maximum atomic E-state index is 12.6. The Bertz CT molecular complexity index is 1200. The zero-order valence-corrected chi connectivity index (χ0v) is 18.7. The number of pyridine rings is 1. The summed E-state index contributed by atoms with van der Waals surface area (Å²) in [6.07, 6.45) is -3.22. The minimum atomic E-state index is -4.84. The molecular formula is C20H17BrF3N5O3. The van der Waals surface area contributed by atoms with Gasteiger partial charge in [-0.3, -0.25) is 4.79 Å². The predicted octanol–water partition coefficient (Wildman–Crippen LogP) is 4.12. The van der Waals surface area contributed by atoms with Crippen molar-refractivity contribution in [3.05, 3.63) is 46.1 Å². The minimum Gasteiger partial charge on any atom is -0.480 e. The maximum absolute atomic E-state index is 12.6. The van der Waals surface area contributed by atoms with Crippen molar-refractivity contribution in [3.8, 4) is 17.7 Å². The van der Waals surface area contributed by atoms with Gasteiger partial charge in [0.2, 0.25) is 5.88 Å². The number of nitrogens with one attached hydrogen (secondary N) is 1. The molecule has 0 aliphatic carbocycles. The number of nitriles is 1. The number of carbonyl (C=O) groups is 1. The molecule has 0 fully saturated rings. The number of carbonyl (C=O) groups excluding carboxylic acids is 1. The summed E-state index contributed by atoms with van der Waals surface area (Å²) in [6.45, 7) is 3.28. The first-order valence-corrected chi connectivity index (χ1v) is 9.91. The molecule has 0 aliphatic heterocycles. The van der Waals surface area contributed by atoms with E-state index in [1.54, 1.807) is 6.20 Å². The second-order valence-corrected chi connectivity index (χ2v) is 7.92. The molecule has 8 nitrogen and oxygen atoms in total. The third-order valence-electron chi connectivity index (χ3n) is 4.55. The van der Waals surface area contributed by atoms with Crippen LogP contribution >= 0.6 is 15.9 Å². The number of hydrogen-bond donors (Lipinski definition) is 1. The second kappa shape index (κ2) is 8.66. The summed E-state index contributed by atoms with van der Waals surface area (Å²) >= 11 is 3.39. The summed E-state index contributed by atoms with van der Waals surface area (Å²) in [7, 11) is 1.44. The summed E-state index contributed by atoms with van der Waals surface area (Å²) in [4.78, 5) is 16.9. The first kappa shape index (κ1) is 23.3. The molecule has 1 aromatic carbocycles. The van der Waals surface area contributed by atoms with Crippen molar-refractivity contribution in [2.75, 3.05) is 7.11 Å². The molecule has 12 heteroatoms. The lowest BCUT2D eigenvalue weighted by Gasteiger charge is -2.24. The number of amides is 1. The number of aromatic nitrogens is 3. The summed E-state index contributed by atoms with van der Waals surface area (Å²) in [5.74, 6) is -0.792. The van der Waals surface area contributed by atoms with Gasteiger partial charge in [-0.25, -0.2) is 9.67 Å². The first-order chi connectivity index (χ1) is 15.0. The van der Waals surface area contributed by atoms with Crippen LogP contribution < -0.4 is 14.8 Å². The fourth-order valence-electron chi connectivity index (χ4n) is 2.98. The Hall–Kier alpha value is -3.33. The quantitative estimate of drug-likeness (QED) is 0.533. The van der Waals surface area contributed by atoms with Crippen LogP contribution in [-0.4, -0.2) is 39.7 Å². The topological polar surface area (TPSA) is 102 Å². The van der Waals surface area contributed by atoms with Crippen LogP contribution in [0.1, 0.15) is 22.8 Å². The second-order valence-electron chi connectivity index (χ2n) is 7.07. The lowest BCUT2D eigenvalue weighted by Crippen LogP contribution is -2.48. The van der Waals surface area contributed by atoms with E-state index in [0.29, 0.717) is 16.9 Å². The molecule has 1 N–H and O–H groups in total. The average molecular weight is 512 g/mol. The third kappa shape index (κ3) is 4.94. The molecule has 3 aromatic rings. The zero-order chi connectivity index (χ0) is 23.7. The van der Waals surface area contributed by atoms with Gasteiger partial charge < -0.3 is 14.8 Å². The fraction of sp³-hybridized carbons (Fsp3) is 0.300. The van der Waals surface area contributed by atoms with E-state index in [1.807, 2.05) is 13.0 Å². The lowest BCUT2D eigenvalue weighted by atomic mass is 10.0. The van der Waals surface area contributed by atoms with Crippen LogP contribution in [-0.2, 0) is 6.54 Å². The molecule has 1 amide bonds. The van der Waals surface area contributed by atoms with Crippen LogP contribution in [0.2, 0.25) is 0 Å². The van der Waals surface area contributed by atoms with Gasteiger partial charge in [-0.05, 0) is 59.6 Å². The average Bonchev–Trinajstić information content (AvgIpc) is 3.07. The Morgan fingerprint density at radius 3 is 2.50 bits per heavy atom. The maximum Gasteiger partial charge on any atom is 0.573 e. The molecule has 0 saturated heterocycles. The lowest BCUT2D eigenvalue weighted by molar-refractivity contribution is -0.274. The van der Waals surface area contributed by atoms with Gasteiger partial charge in [-0.2, -0.15) is 10.4 Å². The molecule has 2 heterocycles. The number of nitrogens with zero attached hydrogens (tertiary/aromatic N) is 4. The summed E-state index contributed by atoms with van der Waals surface area (Å²) in [5.41, 5.74) is 0.540. The van der Waals surface area contributed by atoms with Crippen LogP contribution in [0.15, 0.2) is 34.9 Å². The van der Waals surface area contributed by atoms with Crippen molar-refractivity contribution < 1.29 is 27.4 Å². The van der Waals surface area contributed by atoms with E-state index in [-0.39, 0.29) is 12.1 Å². The number of fused-ring (bicyclic) bond motifs is 1. The zero-order valence-electron chi connectivity index (χ0n) is 17.1. The van der Waals surface area contributed by atoms with Crippen LogP contribution in [0, 0.1) is 18.3 Å². The Kier molecular flexibility index (Phi) is 6.32. The number of ether oxygens (including phenoxy) is 2. The molecular weight excluding hydrogens is 495 g/mol. The van der Waals surface area contributed by atoms with E-state index in [9.17, 15) is 23.2 Å². The van der Waals surface area contributed by atoms with Crippen LogP contribution in [0.4, 0.5) is 13.2 Å².